The number of carbonyl (C=O) groups excluding carboxylic acids is 2. The average molecular weight is 495 g/mol. The Balaban J connectivity index is 1.84. The molecule has 35 heavy (non-hydrogen) atoms. The topological polar surface area (TPSA) is 89.5 Å². The van der Waals surface area contributed by atoms with E-state index in [1.165, 1.54) is 36.5 Å². The number of esters is 1. The zero-order valence-electron chi connectivity index (χ0n) is 18.0. The van der Waals surface area contributed by atoms with Gasteiger partial charge in [0.2, 0.25) is 0 Å². The summed E-state index contributed by atoms with van der Waals surface area (Å²) in [5, 5.41) is 4.88. The number of nitrogens with zero attached hydrogens (tertiary/aromatic N) is 1. The minimum atomic E-state index is -5.12. The Hall–Kier alpha value is -4.22. The third-order valence-corrected chi connectivity index (χ3v) is 4.50. The van der Waals surface area contributed by atoms with Crippen LogP contribution in [0.25, 0.3) is 0 Å². The minimum absolute atomic E-state index is 0.0950. The quantitative estimate of drug-likeness (QED) is 0.341. The van der Waals surface area contributed by atoms with Crippen LogP contribution in [0.5, 0.6) is 5.75 Å². The number of benzene rings is 2. The molecule has 1 aromatic heterocycles. The molecule has 0 spiro atoms. The van der Waals surface area contributed by atoms with Crippen LogP contribution in [0.3, 0.4) is 0 Å². The highest BCUT2D eigenvalue weighted by molar-refractivity contribution is 5.92. The van der Waals surface area contributed by atoms with Crippen molar-refractivity contribution < 1.29 is 41.0 Å². The van der Waals surface area contributed by atoms with E-state index < -0.39 is 41.8 Å². The number of aromatic nitrogens is 1. The number of halogens is 5. The van der Waals surface area contributed by atoms with E-state index in [-0.39, 0.29) is 29.1 Å². The molecule has 0 fully saturated rings. The number of hydrogen-bond acceptors (Lipinski definition) is 5. The smallest absolute Gasteiger partial charge is 0.462 e. The summed E-state index contributed by atoms with van der Waals surface area (Å²) in [5.74, 6) is -3.85. The Kier molecular flexibility index (Phi) is 7.84. The Morgan fingerprint density at radius 2 is 1.74 bits per heavy atom. The Bertz CT molecular complexity index is 1200. The number of alkyl halides is 3. The highest BCUT2D eigenvalue weighted by Gasteiger charge is 2.33. The summed E-state index contributed by atoms with van der Waals surface area (Å²) in [6.07, 6.45) is -3.88. The van der Waals surface area contributed by atoms with Crippen molar-refractivity contribution >= 4 is 17.7 Å². The van der Waals surface area contributed by atoms with E-state index in [1.54, 1.807) is 6.92 Å². The number of pyridine rings is 1. The third-order valence-electron chi connectivity index (χ3n) is 4.50. The first-order valence-electron chi connectivity index (χ1n) is 10.1. The maximum absolute atomic E-state index is 14.4. The maximum Gasteiger partial charge on any atom is 0.573 e. The molecular weight excluding hydrogens is 477 g/mol. The molecule has 184 valence electrons. The van der Waals surface area contributed by atoms with E-state index in [0.29, 0.717) is 12.1 Å². The first kappa shape index (κ1) is 25.4. The molecule has 0 aliphatic rings. The van der Waals surface area contributed by atoms with Crippen LogP contribution < -0.4 is 15.4 Å². The Morgan fingerprint density at radius 1 is 1.03 bits per heavy atom. The van der Waals surface area contributed by atoms with Gasteiger partial charge in [-0.3, -0.25) is 4.98 Å². The van der Waals surface area contributed by atoms with Gasteiger partial charge in [0.05, 0.1) is 12.2 Å². The summed E-state index contributed by atoms with van der Waals surface area (Å²) in [4.78, 5) is 28.2. The molecule has 1 atom stereocenters. The lowest BCUT2D eigenvalue weighted by atomic mass is 10.0. The molecule has 0 unspecified atom stereocenters. The van der Waals surface area contributed by atoms with Crippen molar-refractivity contribution in [2.24, 2.45) is 0 Å². The highest BCUT2D eigenvalue weighted by atomic mass is 19.4. The van der Waals surface area contributed by atoms with E-state index in [1.807, 2.05) is 0 Å². The molecule has 3 rings (SSSR count). The van der Waals surface area contributed by atoms with Crippen LogP contribution in [0.4, 0.5) is 32.4 Å². The number of nitrogens with one attached hydrogen (secondary N) is 2. The van der Waals surface area contributed by atoms with Crippen molar-refractivity contribution in [3.8, 4) is 5.75 Å². The molecule has 0 radical (unpaired) electrons. The second-order valence-electron chi connectivity index (χ2n) is 6.94. The Morgan fingerprint density at radius 3 is 2.34 bits per heavy atom. The fraction of sp³-hybridized carbons (Fsp3) is 0.174. The van der Waals surface area contributed by atoms with Crippen molar-refractivity contribution in [2.45, 2.75) is 19.3 Å². The van der Waals surface area contributed by atoms with Crippen molar-refractivity contribution in [1.82, 2.24) is 10.3 Å². The molecule has 1 heterocycles. The number of carbonyl (C=O) groups is 2. The van der Waals surface area contributed by atoms with Crippen molar-refractivity contribution in [2.75, 3.05) is 11.9 Å². The standard InChI is InChI=1S/C23H18F5N3O4/c1-2-34-21(32)13-5-8-15(9-6-13)30-22(33)31-19(20-16(24)4-3-11-29-20)14-7-10-18(17(25)12-14)35-23(26,27)28/h3-12,19H,2H2,1H3,(H2,30,31,33)/t19-/m0/s1. The van der Waals surface area contributed by atoms with E-state index in [4.69, 9.17) is 4.74 Å². The monoisotopic (exact) mass is 495 g/mol. The van der Waals surface area contributed by atoms with Crippen LogP contribution in [-0.2, 0) is 4.74 Å². The number of rotatable bonds is 7. The van der Waals surface area contributed by atoms with E-state index in [9.17, 15) is 31.5 Å². The summed E-state index contributed by atoms with van der Waals surface area (Å²) < 4.78 is 74.5. The van der Waals surface area contributed by atoms with Gasteiger partial charge in [-0.1, -0.05) is 6.07 Å². The van der Waals surface area contributed by atoms with E-state index in [0.717, 1.165) is 12.1 Å². The van der Waals surface area contributed by atoms with Gasteiger partial charge in [-0.25, -0.2) is 18.4 Å². The van der Waals surface area contributed by atoms with Gasteiger partial charge in [0.25, 0.3) is 0 Å². The SMILES string of the molecule is CCOC(=O)c1ccc(NC(=O)N[C@@H](c2ccc(OC(F)(F)F)c(F)c2)c2ncccc2F)cc1. The molecule has 0 bridgehead atoms. The van der Waals surface area contributed by atoms with Gasteiger partial charge in [-0.15, -0.1) is 13.2 Å². The molecule has 2 amide bonds. The summed E-state index contributed by atoms with van der Waals surface area (Å²) in [5.41, 5.74) is 0.116. The molecule has 3 aromatic rings. The molecule has 0 aliphatic carbocycles. The average Bonchev–Trinajstić information content (AvgIpc) is 2.79. The van der Waals surface area contributed by atoms with Gasteiger partial charge in [0.1, 0.15) is 17.6 Å². The largest absolute Gasteiger partial charge is 0.573 e. The predicted octanol–water partition coefficient (Wildman–Crippen LogP) is 5.35. The lowest BCUT2D eigenvalue weighted by Gasteiger charge is -2.20. The second kappa shape index (κ2) is 10.8. The zero-order valence-corrected chi connectivity index (χ0v) is 18.0. The summed E-state index contributed by atoms with van der Waals surface area (Å²) >= 11 is 0. The van der Waals surface area contributed by atoms with Gasteiger partial charge in [0, 0.05) is 11.9 Å². The highest BCUT2D eigenvalue weighted by Crippen LogP contribution is 2.30. The van der Waals surface area contributed by atoms with Crippen LogP contribution in [0, 0.1) is 11.6 Å². The van der Waals surface area contributed by atoms with Gasteiger partial charge in [0.15, 0.2) is 11.6 Å². The number of hydrogen-bond donors (Lipinski definition) is 2. The molecule has 0 saturated carbocycles. The normalized spacial score (nSPS) is 11.9. The molecule has 2 N–H and O–H groups in total. The summed E-state index contributed by atoms with van der Waals surface area (Å²) in [6, 6.07) is 8.21. The lowest BCUT2D eigenvalue weighted by molar-refractivity contribution is -0.275. The minimum Gasteiger partial charge on any atom is -0.462 e. The van der Waals surface area contributed by atoms with Crippen LogP contribution in [0.1, 0.15) is 34.6 Å². The van der Waals surface area contributed by atoms with Crippen LogP contribution in [0.15, 0.2) is 60.8 Å². The van der Waals surface area contributed by atoms with Crippen LogP contribution >= 0.6 is 0 Å². The fourth-order valence-electron chi connectivity index (χ4n) is 3.03. The number of amides is 2. The number of urea groups is 1. The van der Waals surface area contributed by atoms with Crippen LogP contribution in [0.2, 0.25) is 0 Å². The summed E-state index contributed by atoms with van der Waals surface area (Å²) in [7, 11) is 0. The van der Waals surface area contributed by atoms with Crippen molar-refractivity contribution in [3.05, 3.63) is 89.2 Å². The molecule has 2 aromatic carbocycles. The molecule has 12 heteroatoms. The maximum atomic E-state index is 14.4. The van der Waals surface area contributed by atoms with E-state index >= 15 is 0 Å². The first-order valence-corrected chi connectivity index (χ1v) is 10.1. The number of anilines is 1. The van der Waals surface area contributed by atoms with Gasteiger partial charge >= 0.3 is 18.4 Å². The van der Waals surface area contributed by atoms with Crippen molar-refractivity contribution in [3.63, 3.8) is 0 Å². The van der Waals surface area contributed by atoms with Gasteiger partial charge in [-0.2, -0.15) is 0 Å². The van der Waals surface area contributed by atoms with Crippen LogP contribution in [-0.4, -0.2) is 30.0 Å². The van der Waals surface area contributed by atoms with Gasteiger partial charge in [-0.05, 0) is 61.0 Å². The summed E-state index contributed by atoms with van der Waals surface area (Å²) in [6.45, 7) is 1.85. The molecule has 0 saturated heterocycles. The second-order valence-corrected chi connectivity index (χ2v) is 6.94. The predicted molar refractivity (Wildman–Crippen MR) is 114 cm³/mol. The molecule has 7 nitrogen and oxygen atoms in total. The first-order chi connectivity index (χ1) is 16.6. The van der Waals surface area contributed by atoms with Gasteiger partial charge < -0.3 is 20.1 Å². The van der Waals surface area contributed by atoms with Crippen molar-refractivity contribution in [1.29, 1.82) is 0 Å². The third kappa shape index (κ3) is 6.88. The lowest BCUT2D eigenvalue weighted by Crippen LogP contribution is -2.34. The van der Waals surface area contributed by atoms with E-state index in [2.05, 4.69) is 20.4 Å². The number of ether oxygens (including phenoxy) is 2. The molecular formula is C23H18F5N3O4. The fourth-order valence-corrected chi connectivity index (χ4v) is 3.03. The zero-order chi connectivity index (χ0) is 25.6. The molecule has 0 aliphatic heterocycles. The Labute approximate surface area is 195 Å².